The molecule has 1 aromatic heterocycles. The van der Waals surface area contributed by atoms with E-state index in [1.54, 1.807) is 17.0 Å². The van der Waals surface area contributed by atoms with Gasteiger partial charge in [0, 0.05) is 30.3 Å². The first-order valence-electron chi connectivity index (χ1n) is 9.99. The Balaban J connectivity index is 1.53. The van der Waals surface area contributed by atoms with Gasteiger partial charge in [0.2, 0.25) is 11.8 Å². The minimum atomic E-state index is -0.324. The van der Waals surface area contributed by atoms with Gasteiger partial charge in [0.25, 0.3) is 0 Å². The Hall–Kier alpha value is -3.20. The first kappa shape index (κ1) is 21.0. The van der Waals surface area contributed by atoms with E-state index < -0.39 is 0 Å². The van der Waals surface area contributed by atoms with E-state index in [2.05, 4.69) is 10.2 Å². The van der Waals surface area contributed by atoms with Gasteiger partial charge < -0.3 is 10.6 Å². The van der Waals surface area contributed by atoms with E-state index >= 15 is 0 Å². The number of benzene rings is 2. The number of carbonyl (C=O) groups is 2. The molecule has 0 aliphatic carbocycles. The van der Waals surface area contributed by atoms with Crippen LogP contribution < -0.4 is 5.73 Å². The van der Waals surface area contributed by atoms with Crippen LogP contribution in [-0.4, -0.2) is 50.3 Å². The SMILES string of the molecule is NC(=O)C1CCN(C(=O)CSc2nnc(-c3ccc(F)cc3)n2-c2ccccc2)CC1. The molecule has 0 radical (unpaired) electrons. The zero-order valence-electron chi connectivity index (χ0n) is 16.8. The maximum Gasteiger partial charge on any atom is 0.233 e. The van der Waals surface area contributed by atoms with Crippen molar-refractivity contribution >= 4 is 23.6 Å². The molecule has 0 spiro atoms. The zero-order valence-corrected chi connectivity index (χ0v) is 17.6. The number of primary amides is 1. The quantitative estimate of drug-likeness (QED) is 0.596. The fourth-order valence-corrected chi connectivity index (χ4v) is 4.44. The third kappa shape index (κ3) is 4.77. The topological polar surface area (TPSA) is 94.1 Å². The van der Waals surface area contributed by atoms with E-state index in [9.17, 15) is 14.0 Å². The van der Waals surface area contributed by atoms with Gasteiger partial charge in [0.05, 0.1) is 5.75 Å². The van der Waals surface area contributed by atoms with Crippen LogP contribution in [0.4, 0.5) is 4.39 Å². The van der Waals surface area contributed by atoms with Crippen molar-refractivity contribution in [3.8, 4) is 17.1 Å². The molecule has 0 saturated carbocycles. The third-order valence-electron chi connectivity index (χ3n) is 5.32. The normalized spacial score (nSPS) is 14.5. The van der Waals surface area contributed by atoms with Crippen molar-refractivity contribution in [1.82, 2.24) is 19.7 Å². The Morgan fingerprint density at radius 2 is 1.71 bits per heavy atom. The zero-order chi connectivity index (χ0) is 21.8. The second-order valence-electron chi connectivity index (χ2n) is 7.33. The van der Waals surface area contributed by atoms with Crippen LogP contribution in [0.15, 0.2) is 59.8 Å². The summed E-state index contributed by atoms with van der Waals surface area (Å²) in [6.45, 7) is 1.05. The molecule has 7 nitrogen and oxygen atoms in total. The average Bonchev–Trinajstić information content (AvgIpc) is 3.22. The third-order valence-corrected chi connectivity index (χ3v) is 6.24. The van der Waals surface area contributed by atoms with Crippen LogP contribution in [0, 0.1) is 11.7 Å². The van der Waals surface area contributed by atoms with Crippen LogP contribution >= 0.6 is 11.8 Å². The molecule has 2 aromatic carbocycles. The standard InChI is InChI=1S/C22H22FN5O2S/c23-17-8-6-16(7-9-17)21-25-26-22(28(21)18-4-2-1-3-5-18)31-14-19(29)27-12-10-15(11-13-27)20(24)30/h1-9,15H,10-14H2,(H2,24,30). The number of amides is 2. The molecule has 160 valence electrons. The number of para-hydroxylation sites is 1. The molecule has 4 rings (SSSR count). The summed E-state index contributed by atoms with van der Waals surface area (Å²) in [4.78, 5) is 25.8. The molecule has 2 amide bonds. The van der Waals surface area contributed by atoms with Gasteiger partial charge in [0.1, 0.15) is 5.82 Å². The van der Waals surface area contributed by atoms with Crippen LogP contribution in [0.3, 0.4) is 0 Å². The van der Waals surface area contributed by atoms with E-state index in [0.29, 0.717) is 36.9 Å². The van der Waals surface area contributed by atoms with E-state index in [0.717, 1.165) is 11.3 Å². The largest absolute Gasteiger partial charge is 0.369 e. The lowest BCUT2D eigenvalue weighted by molar-refractivity contribution is -0.132. The molecule has 9 heteroatoms. The lowest BCUT2D eigenvalue weighted by Crippen LogP contribution is -2.42. The first-order chi connectivity index (χ1) is 15.0. The molecular formula is C22H22FN5O2S. The van der Waals surface area contributed by atoms with Gasteiger partial charge in [0.15, 0.2) is 11.0 Å². The van der Waals surface area contributed by atoms with E-state index in [4.69, 9.17) is 5.73 Å². The summed E-state index contributed by atoms with van der Waals surface area (Å²) < 4.78 is 15.2. The van der Waals surface area contributed by atoms with Crippen molar-refractivity contribution in [2.45, 2.75) is 18.0 Å². The highest BCUT2D eigenvalue weighted by atomic mass is 32.2. The molecule has 0 unspecified atom stereocenters. The van der Waals surface area contributed by atoms with Gasteiger partial charge >= 0.3 is 0 Å². The van der Waals surface area contributed by atoms with Crippen LogP contribution in [0.5, 0.6) is 0 Å². The van der Waals surface area contributed by atoms with Crippen molar-refractivity contribution in [1.29, 1.82) is 0 Å². The van der Waals surface area contributed by atoms with Gasteiger partial charge in [-0.2, -0.15) is 0 Å². The molecule has 1 saturated heterocycles. The second-order valence-corrected chi connectivity index (χ2v) is 8.27. The van der Waals surface area contributed by atoms with Crippen molar-refractivity contribution in [2.75, 3.05) is 18.8 Å². The number of piperidine rings is 1. The molecular weight excluding hydrogens is 417 g/mol. The monoisotopic (exact) mass is 439 g/mol. The van der Waals surface area contributed by atoms with Gasteiger partial charge in [-0.05, 0) is 49.2 Å². The molecule has 3 aromatic rings. The van der Waals surface area contributed by atoms with Gasteiger partial charge in [-0.3, -0.25) is 14.2 Å². The summed E-state index contributed by atoms with van der Waals surface area (Å²) in [7, 11) is 0. The summed E-state index contributed by atoms with van der Waals surface area (Å²) in [6.07, 6.45) is 1.20. The Morgan fingerprint density at radius 3 is 2.35 bits per heavy atom. The predicted octanol–water partition coefficient (Wildman–Crippen LogP) is 2.89. The number of aromatic nitrogens is 3. The van der Waals surface area contributed by atoms with Crippen LogP contribution in [0.1, 0.15) is 12.8 Å². The minimum absolute atomic E-state index is 0.0149. The van der Waals surface area contributed by atoms with Crippen LogP contribution in [-0.2, 0) is 9.59 Å². The van der Waals surface area contributed by atoms with Crippen molar-refractivity contribution in [2.24, 2.45) is 11.7 Å². The fourth-order valence-electron chi connectivity index (χ4n) is 3.59. The number of nitrogens with zero attached hydrogens (tertiary/aromatic N) is 4. The fraction of sp³-hybridized carbons (Fsp3) is 0.273. The summed E-state index contributed by atoms with van der Waals surface area (Å²) in [6, 6.07) is 15.7. The molecule has 0 bridgehead atoms. The lowest BCUT2D eigenvalue weighted by atomic mass is 9.96. The number of likely N-dealkylation sites (tertiary alicyclic amines) is 1. The average molecular weight is 440 g/mol. The van der Waals surface area contributed by atoms with Crippen molar-refractivity contribution < 1.29 is 14.0 Å². The Kier molecular flexibility index (Phi) is 6.31. The summed E-state index contributed by atoms with van der Waals surface area (Å²) in [5.74, 6) is -0.0191. The smallest absolute Gasteiger partial charge is 0.233 e. The number of hydrogen-bond donors (Lipinski definition) is 1. The second kappa shape index (κ2) is 9.30. The Labute approximate surface area is 183 Å². The summed E-state index contributed by atoms with van der Waals surface area (Å²) in [5.41, 5.74) is 6.95. The van der Waals surface area contributed by atoms with Crippen molar-refractivity contribution in [3.05, 3.63) is 60.4 Å². The lowest BCUT2D eigenvalue weighted by Gasteiger charge is -2.30. The highest BCUT2D eigenvalue weighted by Crippen LogP contribution is 2.28. The summed E-state index contributed by atoms with van der Waals surface area (Å²) >= 11 is 1.30. The maximum absolute atomic E-state index is 13.4. The Bertz CT molecular complexity index is 1060. The summed E-state index contributed by atoms with van der Waals surface area (Å²) in [5, 5.41) is 9.17. The molecule has 1 fully saturated rings. The van der Waals surface area contributed by atoms with Crippen LogP contribution in [0.25, 0.3) is 17.1 Å². The van der Waals surface area contributed by atoms with Crippen molar-refractivity contribution in [3.63, 3.8) is 0 Å². The molecule has 2 heterocycles. The highest BCUT2D eigenvalue weighted by Gasteiger charge is 2.26. The molecule has 1 aliphatic heterocycles. The van der Waals surface area contributed by atoms with Gasteiger partial charge in [-0.25, -0.2) is 4.39 Å². The Morgan fingerprint density at radius 1 is 1.03 bits per heavy atom. The van der Waals surface area contributed by atoms with Crippen LogP contribution in [0.2, 0.25) is 0 Å². The molecule has 0 atom stereocenters. The number of rotatable bonds is 6. The van der Waals surface area contributed by atoms with Gasteiger partial charge in [-0.15, -0.1) is 10.2 Å². The minimum Gasteiger partial charge on any atom is -0.369 e. The predicted molar refractivity (Wildman–Crippen MR) is 116 cm³/mol. The molecule has 2 N–H and O–H groups in total. The molecule has 31 heavy (non-hydrogen) atoms. The number of carbonyl (C=O) groups excluding carboxylic acids is 2. The molecule has 1 aliphatic rings. The number of nitrogens with two attached hydrogens (primary N) is 1. The maximum atomic E-state index is 13.4. The van der Waals surface area contributed by atoms with E-state index in [1.165, 1.54) is 23.9 Å². The van der Waals surface area contributed by atoms with Gasteiger partial charge in [-0.1, -0.05) is 30.0 Å². The number of hydrogen-bond acceptors (Lipinski definition) is 5. The van der Waals surface area contributed by atoms with E-state index in [1.807, 2.05) is 34.9 Å². The first-order valence-corrected chi connectivity index (χ1v) is 11.0. The number of halogens is 1. The number of thioether (sulfide) groups is 1. The highest BCUT2D eigenvalue weighted by molar-refractivity contribution is 7.99. The van der Waals surface area contributed by atoms with E-state index in [-0.39, 0.29) is 29.3 Å².